The van der Waals surface area contributed by atoms with Crippen molar-refractivity contribution in [1.82, 2.24) is 14.4 Å². The van der Waals surface area contributed by atoms with E-state index in [1.165, 1.54) is 6.07 Å². The molecule has 3 aromatic heterocycles. The van der Waals surface area contributed by atoms with Gasteiger partial charge in [0.1, 0.15) is 23.8 Å². The first-order valence-corrected chi connectivity index (χ1v) is 7.91. The number of nitrogens with zero attached hydrogens (tertiary/aromatic N) is 3. The topological polar surface area (TPSA) is 48.7 Å². The van der Waals surface area contributed by atoms with Crippen molar-refractivity contribution in [1.29, 1.82) is 0 Å². The van der Waals surface area contributed by atoms with Crippen LogP contribution in [0.2, 0.25) is 0 Å². The molecule has 0 radical (unpaired) electrons. The number of fused-ring (bicyclic) bond motifs is 2. The van der Waals surface area contributed by atoms with Gasteiger partial charge >= 0.3 is 0 Å². The lowest BCUT2D eigenvalue weighted by Gasteiger charge is -2.07. The Morgan fingerprint density at radius 3 is 2.92 bits per heavy atom. The van der Waals surface area contributed by atoms with Gasteiger partial charge in [-0.05, 0) is 30.3 Å². The van der Waals surface area contributed by atoms with Crippen LogP contribution in [0.5, 0.6) is 5.75 Å². The highest BCUT2D eigenvalue weighted by Gasteiger charge is 2.10. The van der Waals surface area contributed by atoms with Gasteiger partial charge in [0.05, 0.1) is 29.7 Å². The number of pyridine rings is 2. The van der Waals surface area contributed by atoms with Gasteiger partial charge < -0.3 is 9.47 Å². The van der Waals surface area contributed by atoms with Gasteiger partial charge in [0.25, 0.3) is 0 Å². The van der Waals surface area contributed by atoms with Gasteiger partial charge in [-0.15, -0.1) is 0 Å². The fraction of sp³-hybridized carbons (Fsp3) is 0.158. The summed E-state index contributed by atoms with van der Waals surface area (Å²) in [4.78, 5) is 8.98. The van der Waals surface area contributed by atoms with Crippen molar-refractivity contribution in [2.75, 3.05) is 20.3 Å². The number of imidazole rings is 1. The highest BCUT2D eigenvalue weighted by Crippen LogP contribution is 2.25. The Bertz CT molecular complexity index is 1050. The zero-order chi connectivity index (χ0) is 17.2. The van der Waals surface area contributed by atoms with E-state index in [2.05, 4.69) is 9.97 Å². The van der Waals surface area contributed by atoms with Crippen LogP contribution >= 0.6 is 0 Å². The molecule has 1 aromatic carbocycles. The minimum absolute atomic E-state index is 0.271. The van der Waals surface area contributed by atoms with E-state index in [0.29, 0.717) is 24.1 Å². The standard InChI is InChI=1S/C19H16FN3O2/c1-24-9-10-25-13-7-8-23-18(12-21-19(23)11-13)17-6-5-14-15(20)3-2-4-16(14)22-17/h2-8,11-12H,9-10H2,1H3. The number of methoxy groups -OCH3 is 1. The Labute approximate surface area is 143 Å². The van der Waals surface area contributed by atoms with E-state index >= 15 is 0 Å². The summed E-state index contributed by atoms with van der Waals surface area (Å²) >= 11 is 0. The van der Waals surface area contributed by atoms with Gasteiger partial charge in [0.2, 0.25) is 0 Å². The fourth-order valence-electron chi connectivity index (χ4n) is 2.74. The smallest absolute Gasteiger partial charge is 0.140 e. The Morgan fingerprint density at radius 2 is 2.04 bits per heavy atom. The zero-order valence-electron chi connectivity index (χ0n) is 13.6. The van der Waals surface area contributed by atoms with Crippen molar-refractivity contribution < 1.29 is 13.9 Å². The summed E-state index contributed by atoms with van der Waals surface area (Å²) in [6, 6.07) is 12.2. The minimum Gasteiger partial charge on any atom is -0.491 e. The molecule has 0 atom stereocenters. The summed E-state index contributed by atoms with van der Waals surface area (Å²) < 4.78 is 26.3. The largest absolute Gasteiger partial charge is 0.491 e. The molecule has 25 heavy (non-hydrogen) atoms. The number of halogens is 1. The molecule has 0 unspecified atom stereocenters. The van der Waals surface area contributed by atoms with Gasteiger partial charge in [-0.3, -0.25) is 4.40 Å². The second-order valence-electron chi connectivity index (χ2n) is 5.58. The molecular formula is C19H16FN3O2. The molecule has 4 aromatic rings. The molecule has 126 valence electrons. The molecule has 0 saturated heterocycles. The molecule has 4 rings (SSSR count). The van der Waals surface area contributed by atoms with Crippen LogP contribution in [0.25, 0.3) is 27.9 Å². The fourth-order valence-corrected chi connectivity index (χ4v) is 2.74. The molecule has 5 nitrogen and oxygen atoms in total. The number of benzene rings is 1. The maximum Gasteiger partial charge on any atom is 0.140 e. The summed E-state index contributed by atoms with van der Waals surface area (Å²) in [5.41, 5.74) is 2.95. The number of aromatic nitrogens is 3. The summed E-state index contributed by atoms with van der Waals surface area (Å²) in [6.07, 6.45) is 3.64. The van der Waals surface area contributed by atoms with Crippen LogP contribution in [0.15, 0.2) is 54.9 Å². The lowest BCUT2D eigenvalue weighted by molar-refractivity contribution is 0.146. The van der Waals surface area contributed by atoms with Gasteiger partial charge in [-0.2, -0.15) is 0 Å². The van der Waals surface area contributed by atoms with E-state index in [-0.39, 0.29) is 5.82 Å². The minimum atomic E-state index is -0.271. The quantitative estimate of drug-likeness (QED) is 0.521. The van der Waals surface area contributed by atoms with Crippen LogP contribution in [-0.4, -0.2) is 34.7 Å². The molecule has 3 heterocycles. The van der Waals surface area contributed by atoms with Crippen LogP contribution in [0, 0.1) is 5.82 Å². The molecule has 0 bridgehead atoms. The molecule has 0 saturated carbocycles. The van der Waals surface area contributed by atoms with E-state index in [1.54, 1.807) is 37.6 Å². The third-order valence-corrected chi connectivity index (χ3v) is 3.98. The third-order valence-electron chi connectivity index (χ3n) is 3.98. The maximum absolute atomic E-state index is 13.8. The monoisotopic (exact) mass is 337 g/mol. The average Bonchev–Trinajstić information content (AvgIpc) is 3.05. The molecule has 0 aliphatic carbocycles. The van der Waals surface area contributed by atoms with Gasteiger partial charge in [-0.25, -0.2) is 14.4 Å². The van der Waals surface area contributed by atoms with Crippen LogP contribution < -0.4 is 4.74 Å². The summed E-state index contributed by atoms with van der Waals surface area (Å²) in [7, 11) is 1.63. The Kier molecular flexibility index (Phi) is 4.03. The van der Waals surface area contributed by atoms with E-state index < -0.39 is 0 Å². The van der Waals surface area contributed by atoms with Crippen molar-refractivity contribution >= 4 is 16.6 Å². The SMILES string of the molecule is COCCOc1ccn2c(-c3ccc4c(F)cccc4n3)cnc2c1. The maximum atomic E-state index is 13.8. The van der Waals surface area contributed by atoms with E-state index in [4.69, 9.17) is 9.47 Å². The van der Waals surface area contributed by atoms with Gasteiger partial charge in [0, 0.05) is 24.8 Å². The predicted molar refractivity (Wildman–Crippen MR) is 93.3 cm³/mol. The molecule has 0 aliphatic rings. The average molecular weight is 337 g/mol. The summed E-state index contributed by atoms with van der Waals surface area (Å²) in [5, 5.41) is 0.508. The van der Waals surface area contributed by atoms with Crippen LogP contribution in [0.3, 0.4) is 0 Å². The third kappa shape index (κ3) is 2.92. The normalized spacial score (nSPS) is 11.3. The lowest BCUT2D eigenvalue weighted by Crippen LogP contribution is -2.04. The molecule has 0 amide bonds. The Balaban J connectivity index is 1.72. The predicted octanol–water partition coefficient (Wildman–Crippen LogP) is 3.71. The van der Waals surface area contributed by atoms with Gasteiger partial charge in [-0.1, -0.05) is 6.07 Å². The van der Waals surface area contributed by atoms with Crippen LogP contribution in [0.1, 0.15) is 0 Å². The highest BCUT2D eigenvalue weighted by atomic mass is 19.1. The van der Waals surface area contributed by atoms with E-state index in [0.717, 1.165) is 22.8 Å². The number of hydrogen-bond donors (Lipinski definition) is 0. The second kappa shape index (κ2) is 6.49. The molecule has 6 heteroatoms. The van der Waals surface area contributed by atoms with Gasteiger partial charge in [0.15, 0.2) is 0 Å². The lowest BCUT2D eigenvalue weighted by atomic mass is 10.2. The molecule has 0 fully saturated rings. The number of ether oxygens (including phenoxy) is 2. The Hall–Kier alpha value is -2.99. The highest BCUT2D eigenvalue weighted by molar-refractivity contribution is 5.82. The van der Waals surface area contributed by atoms with Crippen molar-refractivity contribution in [3.63, 3.8) is 0 Å². The van der Waals surface area contributed by atoms with E-state index in [9.17, 15) is 4.39 Å². The first-order chi connectivity index (χ1) is 12.3. The van der Waals surface area contributed by atoms with Crippen LogP contribution in [-0.2, 0) is 4.74 Å². The first-order valence-electron chi connectivity index (χ1n) is 7.91. The van der Waals surface area contributed by atoms with E-state index in [1.807, 2.05) is 22.7 Å². The van der Waals surface area contributed by atoms with Crippen LogP contribution in [0.4, 0.5) is 4.39 Å². The van der Waals surface area contributed by atoms with Crippen molar-refractivity contribution in [2.24, 2.45) is 0 Å². The van der Waals surface area contributed by atoms with Crippen molar-refractivity contribution in [2.45, 2.75) is 0 Å². The summed E-state index contributed by atoms with van der Waals surface area (Å²) in [6.45, 7) is 1.01. The second-order valence-corrected chi connectivity index (χ2v) is 5.58. The molecule has 0 aliphatic heterocycles. The first kappa shape index (κ1) is 15.5. The van der Waals surface area contributed by atoms with Crippen molar-refractivity contribution in [3.8, 4) is 17.1 Å². The number of rotatable bonds is 5. The molecular weight excluding hydrogens is 321 g/mol. The number of hydrogen-bond acceptors (Lipinski definition) is 4. The molecule has 0 spiro atoms. The molecule has 0 N–H and O–H groups in total. The summed E-state index contributed by atoms with van der Waals surface area (Å²) in [5.74, 6) is 0.461. The Morgan fingerprint density at radius 1 is 1.12 bits per heavy atom. The van der Waals surface area contributed by atoms with Crippen molar-refractivity contribution in [3.05, 3.63) is 60.7 Å². The zero-order valence-corrected chi connectivity index (χ0v) is 13.6.